The molecule has 39 heavy (non-hydrogen) atoms. The van der Waals surface area contributed by atoms with Gasteiger partial charge in [-0.05, 0) is 46.5 Å². The minimum Gasteiger partial charge on any atom is -0.387 e. The van der Waals surface area contributed by atoms with Gasteiger partial charge in [-0.2, -0.15) is 0 Å². The predicted octanol–water partition coefficient (Wildman–Crippen LogP) is 4.61. The molecule has 1 atom stereocenters. The van der Waals surface area contributed by atoms with Crippen LogP contribution in [-0.4, -0.2) is 63.4 Å². The number of aromatic nitrogens is 3. The average Bonchev–Trinajstić information content (AvgIpc) is 3.01. The van der Waals surface area contributed by atoms with Gasteiger partial charge in [-0.25, -0.2) is 0 Å². The molecule has 3 aromatic carbocycles. The first kappa shape index (κ1) is 24.7. The summed E-state index contributed by atoms with van der Waals surface area (Å²) in [6.45, 7) is 1.22. The van der Waals surface area contributed by atoms with Gasteiger partial charge < -0.3 is 14.9 Å². The van der Waals surface area contributed by atoms with Gasteiger partial charge in [0.15, 0.2) is 5.82 Å². The lowest BCUT2D eigenvalue weighted by Crippen LogP contribution is -2.57. The first-order valence-electron chi connectivity index (χ1n) is 13.2. The van der Waals surface area contributed by atoms with Gasteiger partial charge in [0.1, 0.15) is 12.3 Å². The van der Waals surface area contributed by atoms with Gasteiger partial charge in [0.2, 0.25) is 5.91 Å². The molecule has 1 aliphatic heterocycles. The molecule has 1 N–H and O–H groups in total. The molecule has 6 rings (SSSR count). The highest BCUT2D eigenvalue weighted by Crippen LogP contribution is 2.36. The minimum absolute atomic E-state index is 0.0929. The van der Waals surface area contributed by atoms with Crippen LogP contribution in [0.4, 0.5) is 5.82 Å². The van der Waals surface area contributed by atoms with Crippen molar-refractivity contribution < 1.29 is 9.90 Å². The third kappa shape index (κ3) is 5.09. The van der Waals surface area contributed by atoms with Crippen molar-refractivity contribution in [1.29, 1.82) is 0 Å². The number of aliphatic hydroxyl groups is 1. The molecule has 3 heterocycles. The summed E-state index contributed by atoms with van der Waals surface area (Å²) < 4.78 is 0. The van der Waals surface area contributed by atoms with Crippen LogP contribution in [0.3, 0.4) is 0 Å². The van der Waals surface area contributed by atoms with Gasteiger partial charge in [0, 0.05) is 43.2 Å². The molecular formula is C32H29N5O2. The summed E-state index contributed by atoms with van der Waals surface area (Å²) in [7, 11) is 0. The summed E-state index contributed by atoms with van der Waals surface area (Å²) in [6.07, 6.45) is 4.27. The van der Waals surface area contributed by atoms with Crippen molar-refractivity contribution >= 4 is 22.5 Å². The second-order valence-electron chi connectivity index (χ2n) is 9.76. The average molecular weight is 516 g/mol. The molecule has 5 aromatic rings. The number of rotatable bonds is 6. The smallest absolute Gasteiger partial charge is 0.248 e. The summed E-state index contributed by atoms with van der Waals surface area (Å²) in [6, 6.07) is 30.7. The van der Waals surface area contributed by atoms with E-state index < -0.39 is 6.61 Å². The lowest BCUT2D eigenvalue weighted by atomic mass is 9.96. The number of piperazine rings is 1. The molecule has 194 valence electrons. The summed E-state index contributed by atoms with van der Waals surface area (Å²) in [5.74, 6) is 0.519. The van der Waals surface area contributed by atoms with Crippen LogP contribution in [0.25, 0.3) is 33.2 Å². The van der Waals surface area contributed by atoms with E-state index in [0.29, 0.717) is 26.1 Å². The molecule has 0 unspecified atom stereocenters. The number of hydrogen-bond donors (Lipinski definition) is 1. The number of benzene rings is 3. The van der Waals surface area contributed by atoms with Crippen LogP contribution >= 0.6 is 0 Å². The Morgan fingerprint density at radius 1 is 0.846 bits per heavy atom. The van der Waals surface area contributed by atoms with E-state index in [0.717, 1.165) is 44.5 Å². The van der Waals surface area contributed by atoms with E-state index in [-0.39, 0.29) is 11.9 Å². The number of pyridine rings is 1. The second-order valence-corrected chi connectivity index (χ2v) is 9.76. The zero-order valence-corrected chi connectivity index (χ0v) is 21.5. The monoisotopic (exact) mass is 515 g/mol. The first-order chi connectivity index (χ1) is 19.2. The summed E-state index contributed by atoms with van der Waals surface area (Å²) in [5.41, 5.74) is 4.98. The SMILES string of the molecule is O=C(CO)N1CCN(c2cc(-c3ccncc3)c(-c3cccc4ccccc34)nn2)C[C@@H]1Cc1ccccc1. The van der Waals surface area contributed by atoms with E-state index in [1.165, 1.54) is 0 Å². The molecule has 0 saturated carbocycles. The predicted molar refractivity (Wildman–Crippen MR) is 153 cm³/mol. The highest BCUT2D eigenvalue weighted by Gasteiger charge is 2.31. The van der Waals surface area contributed by atoms with Gasteiger partial charge >= 0.3 is 0 Å². The zero-order chi connectivity index (χ0) is 26.6. The molecule has 0 radical (unpaired) electrons. The fourth-order valence-corrected chi connectivity index (χ4v) is 5.46. The Balaban J connectivity index is 1.39. The number of hydrogen-bond acceptors (Lipinski definition) is 6. The molecular weight excluding hydrogens is 486 g/mol. The fourth-order valence-electron chi connectivity index (χ4n) is 5.46. The fraction of sp³-hybridized carbons (Fsp3) is 0.188. The molecule has 1 saturated heterocycles. The van der Waals surface area contributed by atoms with E-state index in [1.807, 2.05) is 42.5 Å². The Morgan fingerprint density at radius 2 is 1.62 bits per heavy atom. The molecule has 7 nitrogen and oxygen atoms in total. The second kappa shape index (κ2) is 11.0. The van der Waals surface area contributed by atoms with Crippen molar-refractivity contribution in [3.63, 3.8) is 0 Å². The van der Waals surface area contributed by atoms with Gasteiger partial charge in [0.05, 0.1) is 6.04 Å². The maximum absolute atomic E-state index is 12.6. The molecule has 1 aliphatic rings. The molecule has 2 aromatic heterocycles. The zero-order valence-electron chi connectivity index (χ0n) is 21.5. The van der Waals surface area contributed by atoms with Crippen molar-refractivity contribution in [2.75, 3.05) is 31.1 Å². The number of carbonyl (C=O) groups excluding carboxylic acids is 1. The highest BCUT2D eigenvalue weighted by molar-refractivity contribution is 5.99. The van der Waals surface area contributed by atoms with Crippen molar-refractivity contribution in [3.05, 3.63) is 109 Å². The Morgan fingerprint density at radius 3 is 2.44 bits per heavy atom. The van der Waals surface area contributed by atoms with Crippen molar-refractivity contribution in [3.8, 4) is 22.4 Å². The number of carbonyl (C=O) groups is 1. The molecule has 0 aliphatic carbocycles. The minimum atomic E-state index is -0.489. The van der Waals surface area contributed by atoms with Crippen LogP contribution in [-0.2, 0) is 11.2 Å². The van der Waals surface area contributed by atoms with Gasteiger partial charge in [-0.1, -0.05) is 72.8 Å². The van der Waals surface area contributed by atoms with Crippen LogP contribution in [0.1, 0.15) is 5.56 Å². The topological polar surface area (TPSA) is 82.5 Å². The van der Waals surface area contributed by atoms with E-state index in [2.05, 4.69) is 58.4 Å². The molecule has 1 fully saturated rings. The van der Waals surface area contributed by atoms with E-state index in [1.54, 1.807) is 17.3 Å². The van der Waals surface area contributed by atoms with Crippen LogP contribution in [0.15, 0.2) is 103 Å². The standard InChI is InChI=1S/C32H29N5O2/c38-22-31(39)37-18-17-36(21-26(37)19-23-7-2-1-3-8-23)30-20-29(25-13-15-33-16-14-25)32(35-34-30)28-12-6-10-24-9-4-5-11-27(24)28/h1-16,20,26,38H,17-19,21-22H2/t26-/m0/s1. The van der Waals surface area contributed by atoms with Gasteiger partial charge in [0.25, 0.3) is 0 Å². The quantitative estimate of drug-likeness (QED) is 0.356. The number of fused-ring (bicyclic) bond motifs is 1. The number of anilines is 1. The van der Waals surface area contributed by atoms with Crippen LogP contribution in [0.2, 0.25) is 0 Å². The van der Waals surface area contributed by atoms with Gasteiger partial charge in [-0.15, -0.1) is 10.2 Å². The normalized spacial score (nSPS) is 15.5. The lowest BCUT2D eigenvalue weighted by Gasteiger charge is -2.42. The Labute approximate surface area is 227 Å². The number of aliphatic hydroxyl groups excluding tert-OH is 1. The molecule has 0 bridgehead atoms. The van der Waals surface area contributed by atoms with Crippen LogP contribution in [0, 0.1) is 0 Å². The summed E-state index contributed by atoms with van der Waals surface area (Å²) in [4.78, 5) is 20.8. The van der Waals surface area contributed by atoms with Gasteiger partial charge in [-0.3, -0.25) is 9.78 Å². The number of nitrogens with zero attached hydrogens (tertiary/aromatic N) is 5. The van der Waals surface area contributed by atoms with Crippen molar-refractivity contribution in [2.24, 2.45) is 0 Å². The third-order valence-corrected chi connectivity index (χ3v) is 7.39. The Hall–Kier alpha value is -4.62. The third-order valence-electron chi connectivity index (χ3n) is 7.39. The molecule has 0 spiro atoms. The van der Waals surface area contributed by atoms with Crippen LogP contribution < -0.4 is 4.90 Å². The molecule has 1 amide bonds. The van der Waals surface area contributed by atoms with Crippen molar-refractivity contribution in [1.82, 2.24) is 20.1 Å². The van der Waals surface area contributed by atoms with E-state index in [9.17, 15) is 9.90 Å². The van der Waals surface area contributed by atoms with Crippen LogP contribution in [0.5, 0.6) is 0 Å². The number of amides is 1. The first-order valence-corrected chi connectivity index (χ1v) is 13.2. The Kier molecular flexibility index (Phi) is 6.97. The summed E-state index contributed by atoms with van der Waals surface area (Å²) in [5, 5.41) is 21.4. The highest BCUT2D eigenvalue weighted by atomic mass is 16.3. The molecule has 7 heteroatoms. The summed E-state index contributed by atoms with van der Waals surface area (Å²) >= 11 is 0. The largest absolute Gasteiger partial charge is 0.387 e. The van der Waals surface area contributed by atoms with Crippen molar-refractivity contribution in [2.45, 2.75) is 12.5 Å². The maximum Gasteiger partial charge on any atom is 0.248 e. The lowest BCUT2D eigenvalue weighted by molar-refractivity contribution is -0.136. The van der Waals surface area contributed by atoms with E-state index in [4.69, 9.17) is 10.2 Å². The Bertz CT molecular complexity index is 1590. The van der Waals surface area contributed by atoms with E-state index >= 15 is 0 Å². The maximum atomic E-state index is 12.6.